The number of amides is 1. The van der Waals surface area contributed by atoms with E-state index in [0.717, 1.165) is 0 Å². The van der Waals surface area contributed by atoms with Crippen LogP contribution in [0.15, 0.2) is 0 Å². The Labute approximate surface area is 61.7 Å². The van der Waals surface area contributed by atoms with Crippen LogP contribution in [0.5, 0.6) is 0 Å². The third-order valence-electron chi connectivity index (χ3n) is 0.613. The van der Waals surface area contributed by atoms with Gasteiger partial charge in [-0.25, -0.2) is 0 Å². The zero-order valence-electron chi connectivity index (χ0n) is 5.10. The van der Waals surface area contributed by atoms with Gasteiger partial charge >= 0.3 is 6.72 Å². The molecular weight excluding hydrogens is 177 g/mol. The van der Waals surface area contributed by atoms with E-state index in [2.05, 4.69) is 0 Å². The standard InChI is InChI=1S/C3H8NO4PS/c4-3(5)1-2-10-9(6,7)8/h1-2H2,(H4-,4,5,6,7,8)/p+1. The van der Waals surface area contributed by atoms with E-state index in [9.17, 15) is 4.79 Å². The van der Waals surface area contributed by atoms with E-state index in [0.29, 0.717) is 10.9 Å². The van der Waals surface area contributed by atoms with Crippen LogP contribution in [-0.2, 0) is 15.7 Å². The van der Waals surface area contributed by atoms with Crippen molar-refractivity contribution in [2.24, 2.45) is 5.73 Å². The summed E-state index contributed by atoms with van der Waals surface area (Å²) >= 11 is 0. The topological polar surface area (TPSA) is 104 Å². The van der Waals surface area contributed by atoms with Crippen molar-refractivity contribution in [3.63, 3.8) is 0 Å². The molecule has 0 aliphatic heterocycles. The van der Waals surface area contributed by atoms with Crippen LogP contribution in [0.25, 0.3) is 0 Å². The first-order valence-electron chi connectivity index (χ1n) is 2.42. The van der Waals surface area contributed by atoms with Crippen molar-refractivity contribution in [3.05, 3.63) is 0 Å². The first-order chi connectivity index (χ1) is 4.42. The number of carbonyl (C=O) groups excluding carboxylic acids is 1. The molecule has 0 aliphatic carbocycles. The summed E-state index contributed by atoms with van der Waals surface area (Å²) in [6.07, 6.45) is 0.0358. The minimum atomic E-state index is -3.76. The van der Waals surface area contributed by atoms with Crippen LogP contribution in [0.4, 0.5) is 0 Å². The van der Waals surface area contributed by atoms with E-state index in [1.165, 1.54) is 0 Å². The number of rotatable bonds is 3. The van der Waals surface area contributed by atoms with Gasteiger partial charge in [0.15, 0.2) is 5.75 Å². The molecule has 10 heavy (non-hydrogen) atoms. The van der Waals surface area contributed by atoms with Crippen LogP contribution >= 0.6 is 6.72 Å². The average molecular weight is 186 g/mol. The van der Waals surface area contributed by atoms with E-state index in [1.807, 2.05) is 0 Å². The summed E-state index contributed by atoms with van der Waals surface area (Å²) in [5.41, 5.74) is 4.74. The molecule has 60 valence electrons. The van der Waals surface area contributed by atoms with Gasteiger partial charge in [-0.1, -0.05) is 0 Å². The van der Waals surface area contributed by atoms with Gasteiger partial charge < -0.3 is 5.73 Å². The summed E-state index contributed by atoms with van der Waals surface area (Å²) in [5.74, 6) is -0.395. The Morgan fingerprint density at radius 3 is 2.30 bits per heavy atom. The van der Waals surface area contributed by atoms with Crippen LogP contribution in [0, 0.1) is 0 Å². The fraction of sp³-hybridized carbons (Fsp3) is 0.667. The van der Waals surface area contributed by atoms with Crippen molar-refractivity contribution in [2.45, 2.75) is 6.42 Å². The molecule has 0 heterocycles. The maximum Gasteiger partial charge on any atom is 0.515 e. The lowest BCUT2D eigenvalue weighted by Gasteiger charge is -1.85. The van der Waals surface area contributed by atoms with Crippen molar-refractivity contribution in [1.82, 2.24) is 0 Å². The second-order valence-electron chi connectivity index (χ2n) is 1.56. The SMILES string of the molecule is NC(=O)CC[S+]=P(O)(O)O. The highest BCUT2D eigenvalue weighted by Gasteiger charge is 2.18. The van der Waals surface area contributed by atoms with Crippen LogP contribution in [0.3, 0.4) is 0 Å². The molecule has 0 radical (unpaired) electrons. The monoisotopic (exact) mass is 186 g/mol. The Balaban J connectivity index is 3.65. The lowest BCUT2D eigenvalue weighted by molar-refractivity contribution is -0.117. The summed E-state index contributed by atoms with van der Waals surface area (Å²) in [6, 6.07) is 0. The number of primary amides is 1. The van der Waals surface area contributed by atoms with Crippen LogP contribution in [0.2, 0.25) is 0 Å². The fourth-order valence-electron chi connectivity index (χ4n) is 0.269. The maximum absolute atomic E-state index is 10.1. The Morgan fingerprint density at radius 2 is 2.00 bits per heavy atom. The smallest absolute Gasteiger partial charge is 0.370 e. The molecule has 0 aliphatic rings. The zero-order chi connectivity index (χ0) is 8.20. The molecule has 0 aromatic heterocycles. The van der Waals surface area contributed by atoms with E-state index in [-0.39, 0.29) is 12.2 Å². The van der Waals surface area contributed by atoms with Crippen LogP contribution in [-0.4, -0.2) is 26.3 Å². The Kier molecular flexibility index (Phi) is 4.00. The van der Waals surface area contributed by atoms with E-state index >= 15 is 0 Å². The van der Waals surface area contributed by atoms with E-state index in [1.54, 1.807) is 0 Å². The van der Waals surface area contributed by atoms with Crippen molar-refractivity contribution in [3.8, 4) is 0 Å². The highest BCUT2D eigenvalue weighted by Crippen LogP contribution is 2.30. The molecule has 5 N–H and O–H groups in total. The second-order valence-corrected chi connectivity index (χ2v) is 5.50. The van der Waals surface area contributed by atoms with Gasteiger partial charge in [-0.2, -0.15) is 0 Å². The van der Waals surface area contributed by atoms with E-state index < -0.39 is 12.6 Å². The number of carbonyl (C=O) groups is 1. The molecule has 0 saturated heterocycles. The lowest BCUT2D eigenvalue weighted by Crippen LogP contribution is -2.11. The van der Waals surface area contributed by atoms with Crippen molar-refractivity contribution >= 4 is 23.6 Å². The molecule has 7 heteroatoms. The Morgan fingerprint density at radius 1 is 1.50 bits per heavy atom. The molecule has 0 aromatic rings. The van der Waals surface area contributed by atoms with Gasteiger partial charge in [-0.05, 0) is 0 Å². The van der Waals surface area contributed by atoms with Crippen molar-refractivity contribution in [2.75, 3.05) is 5.75 Å². The number of nitrogens with two attached hydrogens (primary N) is 1. The first kappa shape index (κ1) is 10.0. The van der Waals surface area contributed by atoms with Gasteiger partial charge in [0.25, 0.3) is 0 Å². The quantitative estimate of drug-likeness (QED) is 0.321. The van der Waals surface area contributed by atoms with Gasteiger partial charge in [0.1, 0.15) is 0 Å². The molecule has 0 spiro atoms. The molecule has 1 amide bonds. The maximum atomic E-state index is 10.1. The highest BCUT2D eigenvalue weighted by atomic mass is 32.5. The van der Waals surface area contributed by atoms with E-state index in [4.69, 9.17) is 20.4 Å². The summed E-state index contributed by atoms with van der Waals surface area (Å²) in [5, 5.41) is 0. The molecule has 0 aromatic carbocycles. The largest absolute Gasteiger partial charge is 0.515 e. The predicted molar refractivity (Wildman–Crippen MR) is 39.6 cm³/mol. The minimum Gasteiger partial charge on any atom is -0.370 e. The number of hydrogen-bond donors (Lipinski definition) is 4. The van der Waals surface area contributed by atoms with Gasteiger partial charge in [0.05, 0.1) is 6.42 Å². The molecule has 0 fully saturated rings. The number of hydrogen-bond acceptors (Lipinski definition) is 1. The van der Waals surface area contributed by atoms with Crippen LogP contribution in [0.1, 0.15) is 6.42 Å². The molecule has 0 atom stereocenters. The molecule has 0 rings (SSSR count). The summed E-state index contributed by atoms with van der Waals surface area (Å²) in [7, 11) is 0.539. The molecule has 0 bridgehead atoms. The third-order valence-corrected chi connectivity index (χ3v) is 2.93. The summed E-state index contributed by atoms with van der Waals surface area (Å²) in [4.78, 5) is 35.2. The third kappa shape index (κ3) is 8.00. The molecule has 5 nitrogen and oxygen atoms in total. The minimum absolute atomic E-state index is 0.0358. The molecule has 0 unspecified atom stereocenters. The lowest BCUT2D eigenvalue weighted by atomic mass is 10.5. The fourth-order valence-corrected chi connectivity index (χ4v) is 1.81. The second kappa shape index (κ2) is 4.00. The highest BCUT2D eigenvalue weighted by molar-refractivity contribution is 8.16. The van der Waals surface area contributed by atoms with Gasteiger partial charge in [0.2, 0.25) is 16.8 Å². The van der Waals surface area contributed by atoms with Crippen LogP contribution < -0.4 is 5.73 Å². The normalized spacial score (nSPS) is 11.1. The predicted octanol–water partition coefficient (Wildman–Crippen LogP) is -1.40. The molecular formula is C3H9NO4PS+. The van der Waals surface area contributed by atoms with Gasteiger partial charge in [0, 0.05) is 0 Å². The molecule has 0 saturated carbocycles. The van der Waals surface area contributed by atoms with Crippen molar-refractivity contribution in [1.29, 1.82) is 0 Å². The first-order valence-corrected chi connectivity index (χ1v) is 5.66. The average Bonchev–Trinajstić information content (AvgIpc) is 1.59. The summed E-state index contributed by atoms with van der Waals surface area (Å²) < 4.78 is 0. The van der Waals surface area contributed by atoms with Gasteiger partial charge in [-0.3, -0.25) is 19.5 Å². The zero-order valence-corrected chi connectivity index (χ0v) is 6.81. The van der Waals surface area contributed by atoms with Crippen molar-refractivity contribution < 1.29 is 19.5 Å². The Bertz CT molecular complexity index is 167. The Hall–Kier alpha value is -0.0000000000000000694. The van der Waals surface area contributed by atoms with Gasteiger partial charge in [-0.15, -0.1) is 0 Å². The summed E-state index contributed by atoms with van der Waals surface area (Å²) in [6.45, 7) is -3.76.